The van der Waals surface area contributed by atoms with Crippen molar-refractivity contribution in [2.45, 2.75) is 6.92 Å². The molecule has 5 nitrogen and oxygen atoms in total. The van der Waals surface area contributed by atoms with E-state index in [1.54, 1.807) is 6.20 Å². The average Bonchev–Trinajstić information content (AvgIpc) is 2.85. The number of amides is 1. The number of carbonyl (C=O) groups is 1. The van der Waals surface area contributed by atoms with Crippen LogP contribution in [-0.2, 0) is 0 Å². The van der Waals surface area contributed by atoms with Gasteiger partial charge in [-0.25, -0.2) is 9.37 Å². The topological polar surface area (TPSA) is 74.8 Å². The minimum Gasteiger partial charge on any atom is -0.358 e. The summed E-state index contributed by atoms with van der Waals surface area (Å²) in [7, 11) is 0. The number of aryl methyl sites for hydroxylation is 1. The number of para-hydroxylation sites is 1. The zero-order valence-electron chi connectivity index (χ0n) is 10.9. The summed E-state index contributed by atoms with van der Waals surface area (Å²) in [4.78, 5) is 32.0. The van der Waals surface area contributed by atoms with Crippen molar-refractivity contribution in [3.8, 4) is 0 Å². The van der Waals surface area contributed by atoms with Crippen molar-refractivity contribution in [2.75, 3.05) is 5.32 Å². The molecule has 0 bridgehead atoms. The van der Waals surface area contributed by atoms with Crippen LogP contribution < -0.4 is 10.7 Å². The molecule has 0 aliphatic heterocycles. The van der Waals surface area contributed by atoms with Gasteiger partial charge in [0.05, 0.1) is 5.52 Å². The van der Waals surface area contributed by atoms with Gasteiger partial charge < -0.3 is 4.98 Å². The lowest BCUT2D eigenvalue weighted by Gasteiger charge is -2.04. The Morgan fingerprint density at radius 3 is 2.95 bits per heavy atom. The van der Waals surface area contributed by atoms with Crippen molar-refractivity contribution in [3.63, 3.8) is 0 Å². The standard InChI is InChI=1S/C14H10FN3O2S/c1-7-5-17-14(21-7)18-13(20)9-6-16-11-8(12(9)19)3-2-4-10(11)15/h2-6H,1H3,(H,16,19)(H,17,18,20). The first-order valence-corrected chi connectivity index (χ1v) is 6.91. The highest BCUT2D eigenvalue weighted by Gasteiger charge is 2.15. The molecule has 106 valence electrons. The molecule has 0 aliphatic rings. The number of benzene rings is 1. The van der Waals surface area contributed by atoms with E-state index >= 15 is 0 Å². The summed E-state index contributed by atoms with van der Waals surface area (Å²) < 4.78 is 13.6. The van der Waals surface area contributed by atoms with Crippen LogP contribution in [0.4, 0.5) is 9.52 Å². The van der Waals surface area contributed by atoms with Crippen molar-refractivity contribution in [2.24, 2.45) is 0 Å². The van der Waals surface area contributed by atoms with E-state index < -0.39 is 17.2 Å². The highest BCUT2D eigenvalue weighted by molar-refractivity contribution is 7.15. The van der Waals surface area contributed by atoms with Gasteiger partial charge in [0.1, 0.15) is 11.4 Å². The quantitative estimate of drug-likeness (QED) is 0.764. The number of anilines is 1. The second-order valence-electron chi connectivity index (χ2n) is 4.42. The van der Waals surface area contributed by atoms with Gasteiger partial charge in [-0.15, -0.1) is 11.3 Å². The summed E-state index contributed by atoms with van der Waals surface area (Å²) in [5.74, 6) is -1.11. The third-order valence-corrected chi connectivity index (χ3v) is 3.78. The maximum atomic E-state index is 13.6. The number of pyridine rings is 1. The van der Waals surface area contributed by atoms with E-state index in [1.165, 1.54) is 35.7 Å². The van der Waals surface area contributed by atoms with Gasteiger partial charge in [-0.2, -0.15) is 0 Å². The molecule has 2 aromatic heterocycles. The summed E-state index contributed by atoms with van der Waals surface area (Å²) in [6, 6.07) is 4.15. The molecule has 1 aromatic carbocycles. The van der Waals surface area contributed by atoms with Crippen molar-refractivity contribution in [1.29, 1.82) is 0 Å². The lowest BCUT2D eigenvalue weighted by molar-refractivity contribution is 0.102. The van der Waals surface area contributed by atoms with Crippen LogP contribution >= 0.6 is 11.3 Å². The SMILES string of the molecule is Cc1cnc(NC(=O)c2c[nH]c3c(F)cccc3c2=O)s1. The fraction of sp³-hybridized carbons (Fsp3) is 0.0714. The van der Waals surface area contributed by atoms with E-state index in [0.29, 0.717) is 5.13 Å². The monoisotopic (exact) mass is 303 g/mol. The lowest BCUT2D eigenvalue weighted by atomic mass is 10.1. The van der Waals surface area contributed by atoms with Gasteiger partial charge in [-0.05, 0) is 19.1 Å². The third-order valence-electron chi connectivity index (χ3n) is 2.95. The number of nitrogens with one attached hydrogen (secondary N) is 2. The summed E-state index contributed by atoms with van der Waals surface area (Å²) in [6.45, 7) is 1.86. The number of thiazole rings is 1. The van der Waals surface area contributed by atoms with E-state index in [0.717, 1.165) is 4.88 Å². The number of aromatic nitrogens is 2. The van der Waals surface area contributed by atoms with Gasteiger partial charge in [0.2, 0.25) is 5.43 Å². The molecular weight excluding hydrogens is 293 g/mol. The largest absolute Gasteiger partial charge is 0.358 e. The molecule has 3 rings (SSSR count). The maximum Gasteiger partial charge on any atom is 0.262 e. The summed E-state index contributed by atoms with van der Waals surface area (Å²) >= 11 is 1.31. The molecular formula is C14H10FN3O2S. The van der Waals surface area contributed by atoms with Gasteiger partial charge in [-0.3, -0.25) is 14.9 Å². The van der Waals surface area contributed by atoms with E-state index in [2.05, 4.69) is 15.3 Å². The number of carbonyl (C=O) groups excluding carboxylic acids is 1. The lowest BCUT2D eigenvalue weighted by Crippen LogP contribution is -2.22. The molecule has 0 fully saturated rings. The van der Waals surface area contributed by atoms with Crippen molar-refractivity contribution >= 4 is 33.3 Å². The summed E-state index contributed by atoms with van der Waals surface area (Å²) in [6.07, 6.45) is 2.84. The Balaban J connectivity index is 2.03. The van der Waals surface area contributed by atoms with Crippen molar-refractivity contribution in [3.05, 3.63) is 57.1 Å². The van der Waals surface area contributed by atoms with Crippen LogP contribution in [0, 0.1) is 12.7 Å². The maximum absolute atomic E-state index is 13.6. The number of rotatable bonds is 2. The minimum atomic E-state index is -0.572. The fourth-order valence-electron chi connectivity index (χ4n) is 1.96. The number of hydrogen-bond acceptors (Lipinski definition) is 4. The molecule has 0 radical (unpaired) electrons. The van der Waals surface area contributed by atoms with Crippen LogP contribution in [-0.4, -0.2) is 15.9 Å². The number of fused-ring (bicyclic) bond motifs is 1. The van der Waals surface area contributed by atoms with Gasteiger partial charge >= 0.3 is 0 Å². The van der Waals surface area contributed by atoms with E-state index in [9.17, 15) is 14.0 Å². The molecule has 0 unspecified atom stereocenters. The summed E-state index contributed by atoms with van der Waals surface area (Å²) in [5.41, 5.74) is -0.515. The fourth-order valence-corrected chi connectivity index (χ4v) is 2.62. The van der Waals surface area contributed by atoms with Crippen LogP contribution in [0.1, 0.15) is 15.2 Å². The summed E-state index contributed by atoms with van der Waals surface area (Å²) in [5, 5.41) is 3.10. The van der Waals surface area contributed by atoms with E-state index in [4.69, 9.17) is 0 Å². The molecule has 0 atom stereocenters. The van der Waals surface area contributed by atoms with Crippen molar-refractivity contribution < 1.29 is 9.18 Å². The van der Waals surface area contributed by atoms with Crippen LogP contribution in [0.3, 0.4) is 0 Å². The zero-order chi connectivity index (χ0) is 15.0. The van der Waals surface area contributed by atoms with Gasteiger partial charge in [0.25, 0.3) is 5.91 Å². The number of nitrogens with zero attached hydrogens (tertiary/aromatic N) is 1. The molecule has 2 heterocycles. The molecule has 0 saturated carbocycles. The minimum absolute atomic E-state index is 0.0825. The smallest absolute Gasteiger partial charge is 0.262 e. The number of halogens is 1. The molecule has 0 aliphatic carbocycles. The Hall–Kier alpha value is -2.54. The Labute approximate surface area is 122 Å². The first kappa shape index (κ1) is 13.4. The first-order chi connectivity index (χ1) is 10.1. The van der Waals surface area contributed by atoms with Gasteiger partial charge in [0, 0.05) is 22.7 Å². The van der Waals surface area contributed by atoms with Gasteiger partial charge in [0.15, 0.2) is 5.13 Å². The molecule has 0 saturated heterocycles. The molecule has 21 heavy (non-hydrogen) atoms. The van der Waals surface area contributed by atoms with Crippen LogP contribution in [0.15, 0.2) is 35.4 Å². The van der Waals surface area contributed by atoms with Gasteiger partial charge in [-0.1, -0.05) is 6.07 Å². The third kappa shape index (κ3) is 2.43. The average molecular weight is 303 g/mol. The number of aromatic amines is 1. The second-order valence-corrected chi connectivity index (χ2v) is 5.66. The molecule has 1 amide bonds. The molecule has 2 N–H and O–H groups in total. The highest BCUT2D eigenvalue weighted by atomic mass is 32.1. The Morgan fingerprint density at radius 1 is 1.43 bits per heavy atom. The normalized spacial score (nSPS) is 10.8. The van der Waals surface area contributed by atoms with Crippen LogP contribution in [0.25, 0.3) is 10.9 Å². The Kier molecular flexibility index (Phi) is 3.26. The molecule has 7 heteroatoms. The highest BCUT2D eigenvalue weighted by Crippen LogP contribution is 2.17. The van der Waals surface area contributed by atoms with E-state index in [1.807, 2.05) is 6.92 Å². The number of H-pyrrole nitrogens is 1. The Bertz CT molecular complexity index is 901. The Morgan fingerprint density at radius 2 is 2.24 bits per heavy atom. The van der Waals surface area contributed by atoms with E-state index in [-0.39, 0.29) is 16.5 Å². The number of hydrogen-bond donors (Lipinski definition) is 2. The predicted molar refractivity (Wildman–Crippen MR) is 79.3 cm³/mol. The first-order valence-electron chi connectivity index (χ1n) is 6.10. The van der Waals surface area contributed by atoms with Crippen molar-refractivity contribution in [1.82, 2.24) is 9.97 Å². The molecule has 3 aromatic rings. The zero-order valence-corrected chi connectivity index (χ0v) is 11.8. The van der Waals surface area contributed by atoms with Crippen LogP contribution in [0.5, 0.6) is 0 Å². The molecule has 0 spiro atoms. The predicted octanol–water partition coefficient (Wildman–Crippen LogP) is 2.68. The van der Waals surface area contributed by atoms with Crippen LogP contribution in [0.2, 0.25) is 0 Å². The second kappa shape index (κ2) is 5.10.